The van der Waals surface area contributed by atoms with Crippen LogP contribution >= 0.6 is 0 Å². The molecule has 3 aliphatic rings. The van der Waals surface area contributed by atoms with Crippen molar-refractivity contribution in [1.29, 1.82) is 0 Å². The quantitative estimate of drug-likeness (QED) is 0.639. The third-order valence-electron chi connectivity index (χ3n) is 6.27. The minimum atomic E-state index is -3.72. The smallest absolute Gasteiger partial charge is 0.251 e. The predicted octanol–water partition coefficient (Wildman–Crippen LogP) is 1.60. The van der Waals surface area contributed by atoms with E-state index in [9.17, 15) is 13.2 Å². The largest absolute Gasteiger partial charge is 0.377 e. The Labute approximate surface area is 177 Å². The fraction of sp³-hybridized carbons (Fsp3) is 0.667. The summed E-state index contributed by atoms with van der Waals surface area (Å²) in [6.07, 6.45) is 4.18. The van der Waals surface area contributed by atoms with Crippen LogP contribution in [0, 0.1) is 0 Å². The first-order chi connectivity index (χ1) is 14.4. The van der Waals surface area contributed by atoms with Crippen LogP contribution in [-0.4, -0.2) is 64.5 Å². The van der Waals surface area contributed by atoms with Gasteiger partial charge in [0.2, 0.25) is 10.0 Å². The Bertz CT molecular complexity index is 862. The second-order valence-corrected chi connectivity index (χ2v) is 9.89. The standard InChI is InChI=1S/C21H30N2O6S/c1-2-27-19-13-18(21(19)9-5-11-29-21)23-20(24)15-6-3-8-17(12-15)30(25,26)22-14-16-7-4-10-28-16/h3,6,8,12,16,18-19,22H,2,4-5,7,9-11,13-14H2,1H3,(H,23,24)/t16-,18-,19+,21-/m0/s1. The molecule has 1 aromatic rings. The van der Waals surface area contributed by atoms with Crippen LogP contribution in [-0.2, 0) is 24.2 Å². The van der Waals surface area contributed by atoms with Gasteiger partial charge in [-0.05, 0) is 57.2 Å². The molecular weight excluding hydrogens is 408 g/mol. The minimum Gasteiger partial charge on any atom is -0.377 e. The molecule has 0 unspecified atom stereocenters. The highest BCUT2D eigenvalue weighted by Gasteiger charge is 2.59. The molecule has 1 amide bonds. The van der Waals surface area contributed by atoms with Gasteiger partial charge in [0.25, 0.3) is 5.91 Å². The van der Waals surface area contributed by atoms with Crippen molar-refractivity contribution < 1.29 is 27.4 Å². The highest BCUT2D eigenvalue weighted by Crippen LogP contribution is 2.45. The van der Waals surface area contributed by atoms with E-state index in [0.29, 0.717) is 31.8 Å². The van der Waals surface area contributed by atoms with Gasteiger partial charge >= 0.3 is 0 Å². The number of sulfonamides is 1. The third kappa shape index (κ3) is 4.27. The van der Waals surface area contributed by atoms with Gasteiger partial charge in [-0.1, -0.05) is 6.07 Å². The lowest BCUT2D eigenvalue weighted by atomic mass is 9.70. The molecule has 0 aromatic heterocycles. The van der Waals surface area contributed by atoms with Crippen LogP contribution in [0.3, 0.4) is 0 Å². The lowest BCUT2D eigenvalue weighted by molar-refractivity contribution is -0.194. The third-order valence-corrected chi connectivity index (χ3v) is 7.69. The Morgan fingerprint density at radius 3 is 2.87 bits per heavy atom. The molecule has 0 bridgehead atoms. The summed E-state index contributed by atoms with van der Waals surface area (Å²) in [6, 6.07) is 5.97. The average molecular weight is 439 g/mol. The number of hydrogen-bond donors (Lipinski definition) is 2. The molecule has 1 aromatic carbocycles. The molecule has 2 heterocycles. The second-order valence-electron chi connectivity index (χ2n) is 8.13. The first-order valence-corrected chi connectivity index (χ1v) is 12.2. The summed E-state index contributed by atoms with van der Waals surface area (Å²) < 4.78 is 45.1. The van der Waals surface area contributed by atoms with Crippen LogP contribution in [0.2, 0.25) is 0 Å². The van der Waals surface area contributed by atoms with Gasteiger partial charge in [-0.15, -0.1) is 0 Å². The van der Waals surface area contributed by atoms with Crippen LogP contribution in [0.25, 0.3) is 0 Å². The van der Waals surface area contributed by atoms with Gasteiger partial charge in [-0.25, -0.2) is 13.1 Å². The van der Waals surface area contributed by atoms with Gasteiger partial charge in [0.15, 0.2) is 0 Å². The molecule has 4 atom stereocenters. The molecule has 1 spiro atoms. The van der Waals surface area contributed by atoms with Crippen molar-refractivity contribution in [3.63, 3.8) is 0 Å². The summed E-state index contributed by atoms with van der Waals surface area (Å²) in [6.45, 7) is 4.13. The number of ether oxygens (including phenoxy) is 3. The molecular formula is C21H30N2O6S. The van der Waals surface area contributed by atoms with Crippen LogP contribution in [0.4, 0.5) is 0 Å². The highest BCUT2D eigenvalue weighted by molar-refractivity contribution is 7.89. The summed E-state index contributed by atoms with van der Waals surface area (Å²) in [5.41, 5.74) is -0.152. The SMILES string of the molecule is CCO[C@@H]1C[C@H](NC(=O)c2cccc(S(=O)(=O)NC[C@@H]3CCCO3)c2)[C@@]12CCCO2. The lowest BCUT2D eigenvalue weighted by Gasteiger charge is -2.52. The normalized spacial score (nSPS) is 31.0. The van der Waals surface area contributed by atoms with Gasteiger partial charge in [0.05, 0.1) is 23.1 Å². The van der Waals surface area contributed by atoms with Crippen molar-refractivity contribution in [3.05, 3.63) is 29.8 Å². The Morgan fingerprint density at radius 2 is 2.17 bits per heavy atom. The summed E-state index contributed by atoms with van der Waals surface area (Å²) in [5.74, 6) is -0.305. The predicted molar refractivity (Wildman–Crippen MR) is 110 cm³/mol. The van der Waals surface area contributed by atoms with E-state index in [0.717, 1.165) is 25.7 Å². The summed E-state index contributed by atoms with van der Waals surface area (Å²) in [5, 5.41) is 3.03. The summed E-state index contributed by atoms with van der Waals surface area (Å²) in [4.78, 5) is 12.9. The molecule has 4 rings (SSSR count). The molecule has 9 heteroatoms. The van der Waals surface area contributed by atoms with E-state index in [4.69, 9.17) is 14.2 Å². The molecule has 1 aliphatic carbocycles. The molecule has 1 saturated carbocycles. The number of nitrogens with one attached hydrogen (secondary N) is 2. The van der Waals surface area contributed by atoms with E-state index in [1.54, 1.807) is 12.1 Å². The fourth-order valence-electron chi connectivity index (χ4n) is 4.62. The van der Waals surface area contributed by atoms with Crippen LogP contribution in [0.5, 0.6) is 0 Å². The highest BCUT2D eigenvalue weighted by atomic mass is 32.2. The summed E-state index contributed by atoms with van der Waals surface area (Å²) >= 11 is 0. The Kier molecular flexibility index (Phi) is 6.45. The maximum absolute atomic E-state index is 12.9. The Morgan fingerprint density at radius 1 is 1.30 bits per heavy atom. The fourth-order valence-corrected chi connectivity index (χ4v) is 5.73. The van der Waals surface area contributed by atoms with Crippen molar-refractivity contribution in [2.75, 3.05) is 26.4 Å². The van der Waals surface area contributed by atoms with Crippen molar-refractivity contribution in [2.24, 2.45) is 0 Å². The van der Waals surface area contributed by atoms with Gasteiger partial charge in [-0.3, -0.25) is 4.79 Å². The molecule has 2 aliphatic heterocycles. The number of hydrogen-bond acceptors (Lipinski definition) is 6. The molecule has 8 nitrogen and oxygen atoms in total. The van der Waals surface area contributed by atoms with E-state index in [-0.39, 0.29) is 35.6 Å². The molecule has 2 saturated heterocycles. The van der Waals surface area contributed by atoms with Crippen LogP contribution in [0.1, 0.15) is 49.4 Å². The zero-order valence-corrected chi connectivity index (χ0v) is 18.1. The lowest BCUT2D eigenvalue weighted by Crippen LogP contribution is -2.69. The number of carbonyl (C=O) groups excluding carboxylic acids is 1. The zero-order chi connectivity index (χ0) is 21.2. The maximum atomic E-state index is 12.9. The topological polar surface area (TPSA) is 103 Å². The van der Waals surface area contributed by atoms with Gasteiger partial charge in [-0.2, -0.15) is 0 Å². The van der Waals surface area contributed by atoms with E-state index in [1.165, 1.54) is 12.1 Å². The first-order valence-electron chi connectivity index (χ1n) is 10.7. The Hall–Kier alpha value is -1.52. The number of benzene rings is 1. The number of rotatable bonds is 8. The molecule has 30 heavy (non-hydrogen) atoms. The van der Waals surface area contributed by atoms with Gasteiger partial charge in [0, 0.05) is 31.9 Å². The van der Waals surface area contributed by atoms with Crippen molar-refractivity contribution in [3.8, 4) is 0 Å². The van der Waals surface area contributed by atoms with E-state index < -0.39 is 15.6 Å². The zero-order valence-electron chi connectivity index (χ0n) is 17.3. The molecule has 166 valence electrons. The van der Waals surface area contributed by atoms with E-state index >= 15 is 0 Å². The second kappa shape index (κ2) is 8.92. The molecule has 3 fully saturated rings. The monoisotopic (exact) mass is 438 g/mol. The van der Waals surface area contributed by atoms with Crippen molar-refractivity contribution >= 4 is 15.9 Å². The molecule has 2 N–H and O–H groups in total. The van der Waals surface area contributed by atoms with Crippen molar-refractivity contribution in [1.82, 2.24) is 10.0 Å². The molecule has 0 radical (unpaired) electrons. The van der Waals surface area contributed by atoms with Gasteiger partial charge in [0.1, 0.15) is 5.60 Å². The Balaban J connectivity index is 1.41. The van der Waals surface area contributed by atoms with E-state index in [1.807, 2.05) is 6.92 Å². The van der Waals surface area contributed by atoms with E-state index in [2.05, 4.69) is 10.0 Å². The summed E-state index contributed by atoms with van der Waals surface area (Å²) in [7, 11) is -3.72. The maximum Gasteiger partial charge on any atom is 0.251 e. The van der Waals surface area contributed by atoms with Crippen molar-refractivity contribution in [2.45, 2.75) is 67.8 Å². The van der Waals surface area contributed by atoms with Crippen LogP contribution in [0.15, 0.2) is 29.2 Å². The average Bonchev–Trinajstić information content (AvgIpc) is 3.45. The minimum absolute atomic E-state index is 0.0102. The number of carbonyl (C=O) groups is 1. The van der Waals surface area contributed by atoms with Crippen LogP contribution < -0.4 is 10.0 Å². The van der Waals surface area contributed by atoms with Gasteiger partial charge < -0.3 is 19.5 Å². The number of amides is 1. The first kappa shape index (κ1) is 21.7.